The summed E-state index contributed by atoms with van der Waals surface area (Å²) in [4.78, 5) is 16.5. The Kier molecular flexibility index (Phi) is 4.36. The van der Waals surface area contributed by atoms with Crippen molar-refractivity contribution in [2.24, 2.45) is 0 Å². The smallest absolute Gasteiger partial charge is 0.269 e. The summed E-state index contributed by atoms with van der Waals surface area (Å²) in [5.41, 5.74) is 1.08. The molecule has 1 atom stereocenters. The van der Waals surface area contributed by atoms with Gasteiger partial charge in [-0.25, -0.2) is 4.98 Å². The van der Waals surface area contributed by atoms with Gasteiger partial charge in [0.1, 0.15) is 5.69 Å². The SMILES string of the molecule is O=C(NCCC1CCCO1)c1cc(Cl)c2ccccc2n1. The molecule has 1 aliphatic heterocycles. The Labute approximate surface area is 128 Å². The molecular weight excluding hydrogens is 288 g/mol. The predicted molar refractivity (Wildman–Crippen MR) is 82.7 cm³/mol. The Morgan fingerprint density at radius 3 is 3.10 bits per heavy atom. The van der Waals surface area contributed by atoms with Crippen molar-refractivity contribution in [3.63, 3.8) is 0 Å². The van der Waals surface area contributed by atoms with E-state index in [9.17, 15) is 4.79 Å². The summed E-state index contributed by atoms with van der Waals surface area (Å²) in [6.45, 7) is 1.43. The molecule has 110 valence electrons. The molecule has 1 saturated heterocycles. The monoisotopic (exact) mass is 304 g/mol. The number of benzene rings is 1. The number of fused-ring (bicyclic) bond motifs is 1. The van der Waals surface area contributed by atoms with Crippen molar-refractivity contribution in [1.29, 1.82) is 0 Å². The molecule has 0 spiro atoms. The number of para-hydroxylation sites is 1. The number of hydrogen-bond donors (Lipinski definition) is 1. The molecule has 3 rings (SSSR count). The van der Waals surface area contributed by atoms with Crippen molar-refractivity contribution in [3.05, 3.63) is 41.0 Å². The largest absolute Gasteiger partial charge is 0.378 e. The average molecular weight is 305 g/mol. The number of pyridine rings is 1. The molecule has 0 bridgehead atoms. The zero-order valence-electron chi connectivity index (χ0n) is 11.6. The predicted octanol–water partition coefficient (Wildman–Crippen LogP) is 3.19. The fraction of sp³-hybridized carbons (Fsp3) is 0.375. The number of hydrogen-bond acceptors (Lipinski definition) is 3. The number of nitrogens with zero attached hydrogens (tertiary/aromatic N) is 1. The molecule has 21 heavy (non-hydrogen) atoms. The Balaban J connectivity index is 1.66. The lowest BCUT2D eigenvalue weighted by Crippen LogP contribution is -2.27. The molecule has 0 saturated carbocycles. The fourth-order valence-electron chi connectivity index (χ4n) is 2.56. The molecule has 1 aromatic heterocycles. The number of amides is 1. The lowest BCUT2D eigenvalue weighted by atomic mass is 10.2. The van der Waals surface area contributed by atoms with Crippen LogP contribution >= 0.6 is 11.6 Å². The van der Waals surface area contributed by atoms with Gasteiger partial charge in [-0.15, -0.1) is 0 Å². The van der Waals surface area contributed by atoms with E-state index in [4.69, 9.17) is 16.3 Å². The van der Waals surface area contributed by atoms with Gasteiger partial charge in [0.25, 0.3) is 5.91 Å². The molecule has 1 aliphatic rings. The molecule has 4 nitrogen and oxygen atoms in total. The van der Waals surface area contributed by atoms with Gasteiger partial charge in [-0.05, 0) is 31.4 Å². The van der Waals surface area contributed by atoms with E-state index in [0.717, 1.165) is 36.8 Å². The van der Waals surface area contributed by atoms with Gasteiger partial charge in [0, 0.05) is 18.5 Å². The third-order valence-corrected chi connectivity index (χ3v) is 3.99. The first-order valence-corrected chi connectivity index (χ1v) is 7.57. The van der Waals surface area contributed by atoms with Crippen molar-refractivity contribution in [2.75, 3.05) is 13.2 Å². The number of nitrogens with one attached hydrogen (secondary N) is 1. The second-order valence-electron chi connectivity index (χ2n) is 5.19. The second kappa shape index (κ2) is 6.41. The van der Waals surface area contributed by atoms with E-state index in [2.05, 4.69) is 10.3 Å². The number of halogens is 1. The summed E-state index contributed by atoms with van der Waals surface area (Å²) in [6, 6.07) is 9.14. The minimum absolute atomic E-state index is 0.194. The van der Waals surface area contributed by atoms with Gasteiger partial charge in [-0.3, -0.25) is 4.79 Å². The standard InChI is InChI=1S/C16H17ClN2O2/c17-13-10-15(19-14-6-2-1-5-12(13)14)16(20)18-8-7-11-4-3-9-21-11/h1-2,5-6,10-11H,3-4,7-9H2,(H,18,20). The van der Waals surface area contributed by atoms with Crippen LogP contribution in [0.3, 0.4) is 0 Å². The number of aromatic nitrogens is 1. The Hall–Kier alpha value is -1.65. The molecular formula is C16H17ClN2O2. The highest BCUT2D eigenvalue weighted by Gasteiger charge is 2.16. The molecule has 1 N–H and O–H groups in total. The zero-order chi connectivity index (χ0) is 14.7. The van der Waals surface area contributed by atoms with Gasteiger partial charge in [-0.2, -0.15) is 0 Å². The van der Waals surface area contributed by atoms with E-state index < -0.39 is 0 Å². The van der Waals surface area contributed by atoms with E-state index in [1.165, 1.54) is 0 Å². The Morgan fingerprint density at radius 1 is 1.43 bits per heavy atom. The summed E-state index contributed by atoms with van der Waals surface area (Å²) in [5, 5.41) is 4.28. The third-order valence-electron chi connectivity index (χ3n) is 3.67. The van der Waals surface area contributed by atoms with Crippen LogP contribution in [0.1, 0.15) is 29.8 Å². The van der Waals surface area contributed by atoms with E-state index in [0.29, 0.717) is 17.3 Å². The van der Waals surface area contributed by atoms with Crippen LogP contribution in [0.5, 0.6) is 0 Å². The van der Waals surface area contributed by atoms with E-state index in [-0.39, 0.29) is 12.0 Å². The highest BCUT2D eigenvalue weighted by molar-refractivity contribution is 6.35. The summed E-state index contributed by atoms with van der Waals surface area (Å²) >= 11 is 6.20. The Morgan fingerprint density at radius 2 is 2.29 bits per heavy atom. The molecule has 5 heteroatoms. The maximum absolute atomic E-state index is 12.1. The molecule has 0 radical (unpaired) electrons. The first kappa shape index (κ1) is 14.3. The summed E-state index contributed by atoms with van der Waals surface area (Å²) < 4.78 is 5.53. The van der Waals surface area contributed by atoms with Crippen LogP contribution in [0, 0.1) is 0 Å². The maximum atomic E-state index is 12.1. The fourth-order valence-corrected chi connectivity index (χ4v) is 2.82. The molecule has 2 aromatic rings. The van der Waals surface area contributed by atoms with Crippen molar-refractivity contribution >= 4 is 28.4 Å². The topological polar surface area (TPSA) is 51.2 Å². The van der Waals surface area contributed by atoms with Gasteiger partial charge < -0.3 is 10.1 Å². The van der Waals surface area contributed by atoms with Crippen LogP contribution in [0.25, 0.3) is 10.9 Å². The van der Waals surface area contributed by atoms with Gasteiger partial charge in [0.15, 0.2) is 0 Å². The number of ether oxygens (including phenoxy) is 1. The molecule has 2 heterocycles. The molecule has 1 fully saturated rings. The van der Waals surface area contributed by atoms with Gasteiger partial charge in [0.05, 0.1) is 16.6 Å². The normalized spacial score (nSPS) is 18.0. The third kappa shape index (κ3) is 3.34. The van der Waals surface area contributed by atoms with E-state index in [1.807, 2.05) is 24.3 Å². The molecule has 0 aliphatic carbocycles. The first-order chi connectivity index (χ1) is 10.2. The van der Waals surface area contributed by atoms with Crippen LogP contribution in [-0.4, -0.2) is 30.1 Å². The molecule has 1 unspecified atom stereocenters. The molecule has 1 amide bonds. The summed E-state index contributed by atoms with van der Waals surface area (Å²) in [6.07, 6.45) is 3.31. The first-order valence-electron chi connectivity index (χ1n) is 7.19. The minimum Gasteiger partial charge on any atom is -0.378 e. The number of carbonyl (C=O) groups excluding carboxylic acids is 1. The maximum Gasteiger partial charge on any atom is 0.269 e. The second-order valence-corrected chi connectivity index (χ2v) is 5.59. The number of carbonyl (C=O) groups is 1. The van der Waals surface area contributed by atoms with Crippen LogP contribution in [0.15, 0.2) is 30.3 Å². The van der Waals surface area contributed by atoms with Gasteiger partial charge >= 0.3 is 0 Å². The van der Waals surface area contributed by atoms with Crippen LogP contribution < -0.4 is 5.32 Å². The summed E-state index contributed by atoms with van der Waals surface area (Å²) in [7, 11) is 0. The zero-order valence-corrected chi connectivity index (χ0v) is 12.4. The van der Waals surface area contributed by atoms with Crippen molar-refractivity contribution in [2.45, 2.75) is 25.4 Å². The van der Waals surface area contributed by atoms with Gasteiger partial charge in [0.2, 0.25) is 0 Å². The highest BCUT2D eigenvalue weighted by Crippen LogP contribution is 2.22. The van der Waals surface area contributed by atoms with E-state index >= 15 is 0 Å². The van der Waals surface area contributed by atoms with Gasteiger partial charge in [-0.1, -0.05) is 29.8 Å². The van der Waals surface area contributed by atoms with E-state index in [1.54, 1.807) is 6.07 Å². The lowest BCUT2D eigenvalue weighted by Gasteiger charge is -2.10. The molecule has 1 aromatic carbocycles. The average Bonchev–Trinajstić information content (AvgIpc) is 3.00. The van der Waals surface area contributed by atoms with Crippen LogP contribution in [0.4, 0.5) is 0 Å². The number of rotatable bonds is 4. The minimum atomic E-state index is -0.194. The van der Waals surface area contributed by atoms with Crippen LogP contribution in [-0.2, 0) is 4.74 Å². The highest BCUT2D eigenvalue weighted by atomic mass is 35.5. The lowest BCUT2D eigenvalue weighted by molar-refractivity contribution is 0.0903. The summed E-state index contributed by atoms with van der Waals surface area (Å²) in [5.74, 6) is -0.194. The Bertz CT molecular complexity index is 654. The van der Waals surface area contributed by atoms with Crippen molar-refractivity contribution in [3.8, 4) is 0 Å². The quantitative estimate of drug-likeness (QED) is 0.944. The van der Waals surface area contributed by atoms with Crippen molar-refractivity contribution in [1.82, 2.24) is 10.3 Å². The van der Waals surface area contributed by atoms with Crippen molar-refractivity contribution < 1.29 is 9.53 Å². The van der Waals surface area contributed by atoms with Crippen LogP contribution in [0.2, 0.25) is 5.02 Å².